The van der Waals surface area contributed by atoms with Crippen LogP contribution in [0.5, 0.6) is 0 Å². The number of nitrogens with zero attached hydrogens (tertiary/aromatic N) is 3. The van der Waals surface area contributed by atoms with E-state index in [1.807, 2.05) is 123 Å². The molecular formula is C50H65F3N10O7. The van der Waals surface area contributed by atoms with Crippen molar-refractivity contribution in [2.75, 3.05) is 39.3 Å². The fourth-order valence-corrected chi connectivity index (χ4v) is 7.34. The fourth-order valence-electron chi connectivity index (χ4n) is 7.34. The fraction of sp³-hybridized carbons (Fsp3) is 0.400. The lowest BCUT2D eigenvalue weighted by Crippen LogP contribution is -2.59. The predicted octanol–water partition coefficient (Wildman–Crippen LogP) is 4.25. The van der Waals surface area contributed by atoms with Gasteiger partial charge in [0, 0.05) is 19.6 Å². The number of carboxylic acids is 1. The molecule has 1 heterocycles. The van der Waals surface area contributed by atoms with E-state index >= 15 is 0 Å². The third kappa shape index (κ3) is 20.1. The first-order valence-electron chi connectivity index (χ1n) is 23.2. The molecule has 5 rings (SSSR count). The van der Waals surface area contributed by atoms with Crippen molar-refractivity contribution in [3.05, 3.63) is 120 Å². The van der Waals surface area contributed by atoms with Gasteiger partial charge in [0.15, 0.2) is 0 Å². The third-order valence-corrected chi connectivity index (χ3v) is 10.8. The first-order chi connectivity index (χ1) is 33.4. The number of carbonyl (C=O) groups excluding carboxylic acids is 5. The highest BCUT2D eigenvalue weighted by Gasteiger charge is 2.38. The van der Waals surface area contributed by atoms with Crippen LogP contribution in [0.2, 0.25) is 0 Å². The van der Waals surface area contributed by atoms with Gasteiger partial charge in [-0.2, -0.15) is 13.2 Å². The van der Waals surface area contributed by atoms with Gasteiger partial charge >= 0.3 is 12.1 Å². The first kappa shape index (κ1) is 55.9. The molecule has 70 heavy (non-hydrogen) atoms. The number of hydrogen-bond donors (Lipinski definition) is 8. The van der Waals surface area contributed by atoms with E-state index in [1.165, 1.54) is 15.0 Å². The molecule has 1 saturated heterocycles. The van der Waals surface area contributed by atoms with Crippen LogP contribution in [0.1, 0.15) is 63.5 Å². The molecule has 4 aromatic carbocycles. The van der Waals surface area contributed by atoms with E-state index in [4.69, 9.17) is 21.4 Å². The van der Waals surface area contributed by atoms with Gasteiger partial charge in [0.25, 0.3) is 11.8 Å². The zero-order chi connectivity index (χ0) is 51.1. The van der Waals surface area contributed by atoms with Crippen LogP contribution in [-0.2, 0) is 41.9 Å². The minimum atomic E-state index is -5.08. The molecule has 0 unspecified atom stereocenters. The lowest BCUT2D eigenvalue weighted by molar-refractivity contribution is -0.192. The van der Waals surface area contributed by atoms with Gasteiger partial charge in [-0.25, -0.2) is 19.8 Å². The van der Waals surface area contributed by atoms with E-state index in [-0.39, 0.29) is 45.1 Å². The summed E-state index contributed by atoms with van der Waals surface area (Å²) >= 11 is 0. The number of carboxylic acid groups (broad SMARTS) is 1. The molecule has 20 heteroatoms. The standard InChI is InChI=1S/C48H64N10O5.C2HF3O2/c1-35(2)29-43-48(63)55-58(31-37-20-24-41(25-21-37)39-15-7-4-8-16-39)34-46(61)53-56(28-12-11-27-50)32-44(59)51-42(17-9-10-26-49)47(62)54-57(33-45(60)52-43)30-36-18-22-40(23-19-36)38-13-5-3-6-14-38;3-2(4,5)1(6)7/h3-8,13-16,18-25,35,42-43H,9-12,17,26-34,49-50H2,1-2H3,(H,51,59)(H,52,60)(H,53,61)(H,54,62)(H,55,63);(H,6,7)/t42-,43-;/m0./s1. The van der Waals surface area contributed by atoms with Gasteiger partial charge in [0.2, 0.25) is 17.7 Å². The minimum Gasteiger partial charge on any atom is -0.475 e. The zero-order valence-corrected chi connectivity index (χ0v) is 39.6. The highest BCUT2D eigenvalue weighted by molar-refractivity contribution is 5.90. The van der Waals surface area contributed by atoms with Gasteiger partial charge in [-0.1, -0.05) is 123 Å². The average molecular weight is 975 g/mol. The van der Waals surface area contributed by atoms with Crippen LogP contribution < -0.4 is 38.4 Å². The number of nitrogens with one attached hydrogen (secondary N) is 5. The van der Waals surface area contributed by atoms with Crippen LogP contribution in [0.3, 0.4) is 0 Å². The quantitative estimate of drug-likeness (QED) is 0.0736. The summed E-state index contributed by atoms with van der Waals surface area (Å²) in [6.07, 6.45) is -2.04. The van der Waals surface area contributed by atoms with E-state index < -0.39 is 53.8 Å². The topological polar surface area (TPSA) is 245 Å². The van der Waals surface area contributed by atoms with E-state index in [2.05, 4.69) is 26.9 Å². The number of hydrogen-bond acceptors (Lipinski definition) is 11. The Kier molecular flexibility index (Phi) is 22.9. The molecular weight excluding hydrogens is 910 g/mol. The molecule has 0 bridgehead atoms. The summed E-state index contributed by atoms with van der Waals surface area (Å²) in [4.78, 5) is 78.6. The molecule has 5 amide bonds. The van der Waals surface area contributed by atoms with Crippen molar-refractivity contribution in [3.63, 3.8) is 0 Å². The van der Waals surface area contributed by atoms with Crippen LogP contribution in [0, 0.1) is 5.92 Å². The van der Waals surface area contributed by atoms with Crippen molar-refractivity contribution in [2.24, 2.45) is 17.4 Å². The Labute approximate surface area is 406 Å². The van der Waals surface area contributed by atoms with E-state index in [9.17, 15) is 37.1 Å². The van der Waals surface area contributed by atoms with Crippen molar-refractivity contribution < 1.29 is 47.0 Å². The second-order valence-electron chi connectivity index (χ2n) is 17.2. The molecule has 4 aromatic rings. The molecule has 0 saturated carbocycles. The van der Waals surface area contributed by atoms with Gasteiger partial charge in [0.05, 0.1) is 19.6 Å². The number of amides is 5. The molecule has 0 spiro atoms. The number of aliphatic carboxylic acids is 1. The molecule has 1 aliphatic heterocycles. The van der Waals surface area contributed by atoms with E-state index in [1.54, 1.807) is 0 Å². The molecule has 17 nitrogen and oxygen atoms in total. The van der Waals surface area contributed by atoms with Gasteiger partial charge in [-0.3, -0.25) is 40.3 Å². The predicted molar refractivity (Wildman–Crippen MR) is 259 cm³/mol. The van der Waals surface area contributed by atoms with Crippen molar-refractivity contribution in [2.45, 2.75) is 83.7 Å². The molecule has 0 aliphatic carbocycles. The molecule has 0 radical (unpaired) electrons. The summed E-state index contributed by atoms with van der Waals surface area (Å²) in [6.45, 7) is 4.55. The number of nitrogens with two attached hydrogens (primary N) is 2. The Morgan fingerprint density at radius 2 is 0.986 bits per heavy atom. The summed E-state index contributed by atoms with van der Waals surface area (Å²) in [7, 11) is 0. The van der Waals surface area contributed by atoms with Crippen LogP contribution in [-0.4, -0.2) is 113 Å². The Morgan fingerprint density at radius 1 is 0.586 bits per heavy atom. The van der Waals surface area contributed by atoms with Crippen molar-refractivity contribution >= 4 is 35.5 Å². The monoisotopic (exact) mass is 974 g/mol. The molecule has 378 valence electrons. The summed E-state index contributed by atoms with van der Waals surface area (Å²) in [5.74, 6) is -5.23. The number of benzene rings is 4. The Hall–Kier alpha value is -6.71. The van der Waals surface area contributed by atoms with Gasteiger partial charge < -0.3 is 27.2 Å². The maximum absolute atomic E-state index is 14.2. The maximum Gasteiger partial charge on any atom is 0.490 e. The minimum absolute atomic E-state index is 0.0140. The largest absolute Gasteiger partial charge is 0.490 e. The highest BCUT2D eigenvalue weighted by Crippen LogP contribution is 2.21. The van der Waals surface area contributed by atoms with Crippen LogP contribution in [0.15, 0.2) is 109 Å². The Bertz CT molecular complexity index is 2270. The number of halogens is 3. The number of hydrazine groups is 3. The van der Waals surface area contributed by atoms with Gasteiger partial charge in [-0.05, 0) is 90.9 Å². The number of unbranched alkanes of at least 4 members (excludes halogenated alkanes) is 2. The van der Waals surface area contributed by atoms with Crippen molar-refractivity contribution in [1.82, 2.24) is 41.9 Å². The van der Waals surface area contributed by atoms with Crippen molar-refractivity contribution in [3.8, 4) is 22.3 Å². The van der Waals surface area contributed by atoms with Crippen LogP contribution in [0.4, 0.5) is 13.2 Å². The summed E-state index contributed by atoms with van der Waals surface area (Å²) < 4.78 is 31.7. The highest BCUT2D eigenvalue weighted by atomic mass is 19.4. The Balaban J connectivity index is 0.00000141. The smallest absolute Gasteiger partial charge is 0.475 e. The number of alkyl halides is 3. The zero-order valence-electron chi connectivity index (χ0n) is 39.6. The van der Waals surface area contributed by atoms with Gasteiger partial charge in [-0.15, -0.1) is 0 Å². The second kappa shape index (κ2) is 28.7. The van der Waals surface area contributed by atoms with Crippen LogP contribution >= 0.6 is 0 Å². The number of carbonyl (C=O) groups is 6. The Morgan fingerprint density at radius 3 is 1.43 bits per heavy atom. The lowest BCUT2D eigenvalue weighted by Gasteiger charge is -2.30. The summed E-state index contributed by atoms with van der Waals surface area (Å²) in [5, 5.41) is 17.4. The number of rotatable bonds is 16. The maximum atomic E-state index is 14.2. The lowest BCUT2D eigenvalue weighted by atomic mass is 10.0. The van der Waals surface area contributed by atoms with E-state index in [0.29, 0.717) is 51.7 Å². The second-order valence-corrected chi connectivity index (χ2v) is 17.2. The third-order valence-electron chi connectivity index (χ3n) is 10.8. The molecule has 10 N–H and O–H groups in total. The normalized spacial score (nSPS) is 17.5. The van der Waals surface area contributed by atoms with Crippen molar-refractivity contribution in [1.29, 1.82) is 0 Å². The summed E-state index contributed by atoms with van der Waals surface area (Å²) in [6, 6.07) is 33.6. The summed E-state index contributed by atoms with van der Waals surface area (Å²) in [5.41, 5.74) is 26.0. The molecule has 0 aromatic heterocycles. The average Bonchev–Trinajstić information content (AvgIpc) is 3.31. The SMILES string of the molecule is CC(C)C[C@@H]1NC(=O)CN(Cc2ccc(-c3ccccc3)cc2)NC(=O)[C@H](CCCCN)NC(=O)CN(CCCCN)NC(=O)CN(Cc2ccc(-c3ccccc3)cc2)NC1=O.O=C(O)C(F)(F)F. The first-order valence-corrected chi connectivity index (χ1v) is 23.2. The molecule has 2 atom stereocenters. The van der Waals surface area contributed by atoms with E-state index in [0.717, 1.165) is 33.4 Å². The van der Waals surface area contributed by atoms with Crippen LogP contribution in [0.25, 0.3) is 22.3 Å². The molecule has 1 aliphatic rings. The van der Waals surface area contributed by atoms with Gasteiger partial charge in [0.1, 0.15) is 12.1 Å². The molecule has 1 fully saturated rings.